The molecule has 2 N–H and O–H groups in total. The van der Waals surface area contributed by atoms with Crippen molar-refractivity contribution in [2.75, 3.05) is 38.2 Å². The van der Waals surface area contributed by atoms with Crippen LogP contribution in [0.3, 0.4) is 0 Å². The van der Waals surface area contributed by atoms with Gasteiger partial charge in [0.05, 0.1) is 13.1 Å². The Labute approximate surface area is 120 Å². The first-order valence-corrected chi connectivity index (χ1v) is 7.95. The van der Waals surface area contributed by atoms with Gasteiger partial charge in [0.15, 0.2) is 5.96 Å². The van der Waals surface area contributed by atoms with Crippen molar-refractivity contribution in [1.82, 2.24) is 10.6 Å². The van der Waals surface area contributed by atoms with E-state index in [1.165, 1.54) is 0 Å². The maximum atomic E-state index is 5.61. The Morgan fingerprint density at radius 3 is 2.74 bits per heavy atom. The van der Waals surface area contributed by atoms with Gasteiger partial charge in [0, 0.05) is 12.3 Å². The third kappa shape index (κ3) is 7.62. The van der Waals surface area contributed by atoms with E-state index in [-0.39, 0.29) is 0 Å². The fourth-order valence-electron chi connectivity index (χ4n) is 1.45. The van der Waals surface area contributed by atoms with Crippen molar-refractivity contribution in [2.24, 2.45) is 4.99 Å². The number of thioether (sulfide) groups is 1. The number of aliphatic imine (C=N–C) groups is 1. The molecule has 0 heterocycles. The second-order valence-electron chi connectivity index (χ2n) is 3.84. The third-order valence-electron chi connectivity index (χ3n) is 2.32. The standard InChI is InChI=1S/C14H23N3OS/c1-3-15-14(17-10-12-19-2)16-9-11-18-13-7-5-4-6-8-13/h4-8H,3,9-12H2,1-2H3,(H2,15,16,17). The highest BCUT2D eigenvalue weighted by Crippen LogP contribution is 2.07. The smallest absolute Gasteiger partial charge is 0.191 e. The van der Waals surface area contributed by atoms with Crippen LogP contribution in [0.1, 0.15) is 6.92 Å². The van der Waals surface area contributed by atoms with Crippen LogP contribution >= 0.6 is 11.8 Å². The fraction of sp³-hybridized carbons (Fsp3) is 0.500. The molecule has 0 aliphatic carbocycles. The van der Waals surface area contributed by atoms with Crippen molar-refractivity contribution in [3.63, 3.8) is 0 Å². The van der Waals surface area contributed by atoms with E-state index in [0.717, 1.165) is 37.1 Å². The Kier molecular flexibility index (Phi) is 8.72. The van der Waals surface area contributed by atoms with Gasteiger partial charge in [0.2, 0.25) is 0 Å². The zero-order chi connectivity index (χ0) is 13.8. The van der Waals surface area contributed by atoms with Crippen LogP contribution in [0.25, 0.3) is 0 Å². The molecule has 1 rings (SSSR count). The molecule has 0 atom stereocenters. The van der Waals surface area contributed by atoms with Gasteiger partial charge in [-0.1, -0.05) is 18.2 Å². The number of hydrogen-bond donors (Lipinski definition) is 2. The van der Waals surface area contributed by atoms with Crippen molar-refractivity contribution >= 4 is 17.7 Å². The third-order valence-corrected chi connectivity index (χ3v) is 2.91. The van der Waals surface area contributed by atoms with Gasteiger partial charge in [0.25, 0.3) is 0 Å². The normalized spacial score (nSPS) is 11.2. The molecule has 1 aromatic carbocycles. The molecule has 5 heteroatoms. The number of hydrogen-bond acceptors (Lipinski definition) is 3. The largest absolute Gasteiger partial charge is 0.492 e. The van der Waals surface area contributed by atoms with Crippen LogP contribution in [0.4, 0.5) is 0 Å². The van der Waals surface area contributed by atoms with Gasteiger partial charge in [-0.2, -0.15) is 11.8 Å². The van der Waals surface area contributed by atoms with Crippen LogP contribution in [0.2, 0.25) is 0 Å². The van der Waals surface area contributed by atoms with E-state index in [0.29, 0.717) is 6.61 Å². The van der Waals surface area contributed by atoms with E-state index in [1.807, 2.05) is 30.3 Å². The maximum Gasteiger partial charge on any atom is 0.191 e. The summed E-state index contributed by atoms with van der Waals surface area (Å²) in [5.41, 5.74) is 0. The second-order valence-corrected chi connectivity index (χ2v) is 4.83. The van der Waals surface area contributed by atoms with Crippen LogP contribution in [-0.4, -0.2) is 44.2 Å². The van der Waals surface area contributed by atoms with Gasteiger partial charge in [-0.25, -0.2) is 0 Å². The summed E-state index contributed by atoms with van der Waals surface area (Å²) >= 11 is 1.80. The molecule has 0 aliphatic rings. The number of guanidine groups is 1. The topological polar surface area (TPSA) is 45.7 Å². The maximum absolute atomic E-state index is 5.61. The lowest BCUT2D eigenvalue weighted by atomic mass is 10.3. The molecule has 0 saturated heterocycles. The van der Waals surface area contributed by atoms with Crippen LogP contribution in [0.15, 0.2) is 35.3 Å². The number of rotatable bonds is 8. The monoisotopic (exact) mass is 281 g/mol. The van der Waals surface area contributed by atoms with Gasteiger partial charge < -0.3 is 15.4 Å². The van der Waals surface area contributed by atoms with E-state index in [9.17, 15) is 0 Å². The Morgan fingerprint density at radius 1 is 1.26 bits per heavy atom. The molecule has 0 amide bonds. The predicted octanol–water partition coefficient (Wildman–Crippen LogP) is 1.98. The fourth-order valence-corrected chi connectivity index (χ4v) is 1.72. The molecule has 0 radical (unpaired) electrons. The lowest BCUT2D eigenvalue weighted by Crippen LogP contribution is -2.39. The SMILES string of the molecule is CCNC(=NCCSC)NCCOc1ccccc1. The molecule has 0 spiro atoms. The molecular weight excluding hydrogens is 258 g/mol. The molecule has 0 aliphatic heterocycles. The van der Waals surface area contributed by atoms with Crippen LogP contribution < -0.4 is 15.4 Å². The lowest BCUT2D eigenvalue weighted by molar-refractivity contribution is 0.322. The quantitative estimate of drug-likeness (QED) is 0.434. The number of benzene rings is 1. The molecule has 1 aromatic rings. The van der Waals surface area contributed by atoms with Gasteiger partial charge in [0.1, 0.15) is 12.4 Å². The number of ether oxygens (including phenoxy) is 1. The second kappa shape index (κ2) is 10.6. The van der Waals surface area contributed by atoms with Crippen molar-refractivity contribution in [3.05, 3.63) is 30.3 Å². The van der Waals surface area contributed by atoms with Crippen molar-refractivity contribution in [2.45, 2.75) is 6.92 Å². The Morgan fingerprint density at radius 2 is 2.05 bits per heavy atom. The Bertz CT molecular complexity index is 357. The van der Waals surface area contributed by atoms with Gasteiger partial charge in [-0.3, -0.25) is 4.99 Å². The summed E-state index contributed by atoms with van der Waals surface area (Å²) in [4.78, 5) is 4.47. The summed E-state index contributed by atoms with van der Waals surface area (Å²) in [6.07, 6.45) is 2.09. The summed E-state index contributed by atoms with van der Waals surface area (Å²) in [5.74, 6) is 2.79. The zero-order valence-electron chi connectivity index (χ0n) is 11.7. The molecule has 0 unspecified atom stereocenters. The first-order valence-electron chi connectivity index (χ1n) is 6.55. The van der Waals surface area contributed by atoms with Crippen molar-refractivity contribution in [1.29, 1.82) is 0 Å². The molecule has 0 fully saturated rings. The van der Waals surface area contributed by atoms with Gasteiger partial charge in [-0.15, -0.1) is 0 Å². The first kappa shape index (κ1) is 15.7. The van der Waals surface area contributed by atoms with E-state index >= 15 is 0 Å². The highest BCUT2D eigenvalue weighted by molar-refractivity contribution is 7.98. The van der Waals surface area contributed by atoms with E-state index in [4.69, 9.17) is 4.74 Å². The minimum atomic E-state index is 0.622. The first-order chi connectivity index (χ1) is 9.36. The highest BCUT2D eigenvalue weighted by atomic mass is 32.2. The molecular formula is C14H23N3OS. The Hall–Kier alpha value is -1.36. The molecule has 0 bridgehead atoms. The van der Waals surface area contributed by atoms with E-state index < -0.39 is 0 Å². The van der Waals surface area contributed by atoms with E-state index in [2.05, 4.69) is 28.8 Å². The van der Waals surface area contributed by atoms with Crippen molar-refractivity contribution < 1.29 is 4.74 Å². The summed E-state index contributed by atoms with van der Waals surface area (Å²) in [5, 5.41) is 6.47. The van der Waals surface area contributed by atoms with Crippen LogP contribution in [-0.2, 0) is 0 Å². The summed E-state index contributed by atoms with van der Waals surface area (Å²) in [7, 11) is 0. The number of nitrogens with zero attached hydrogens (tertiary/aromatic N) is 1. The average molecular weight is 281 g/mol. The molecule has 0 aromatic heterocycles. The number of para-hydroxylation sites is 1. The molecule has 106 valence electrons. The molecule has 4 nitrogen and oxygen atoms in total. The lowest BCUT2D eigenvalue weighted by Gasteiger charge is -2.11. The van der Waals surface area contributed by atoms with Crippen LogP contribution in [0.5, 0.6) is 5.75 Å². The molecule has 19 heavy (non-hydrogen) atoms. The average Bonchev–Trinajstić information content (AvgIpc) is 2.45. The number of nitrogens with one attached hydrogen (secondary N) is 2. The minimum absolute atomic E-state index is 0.622. The van der Waals surface area contributed by atoms with E-state index in [1.54, 1.807) is 11.8 Å². The summed E-state index contributed by atoms with van der Waals surface area (Å²) in [6, 6.07) is 9.83. The van der Waals surface area contributed by atoms with Gasteiger partial charge >= 0.3 is 0 Å². The zero-order valence-corrected chi connectivity index (χ0v) is 12.5. The predicted molar refractivity (Wildman–Crippen MR) is 84.3 cm³/mol. The highest BCUT2D eigenvalue weighted by Gasteiger charge is 1.96. The Balaban J connectivity index is 2.22. The van der Waals surface area contributed by atoms with Gasteiger partial charge in [-0.05, 0) is 25.3 Å². The van der Waals surface area contributed by atoms with Crippen LogP contribution in [0, 0.1) is 0 Å². The van der Waals surface area contributed by atoms with Crippen molar-refractivity contribution in [3.8, 4) is 5.75 Å². The minimum Gasteiger partial charge on any atom is -0.492 e. The summed E-state index contributed by atoms with van der Waals surface area (Å²) < 4.78 is 5.61. The molecule has 0 saturated carbocycles. The summed E-state index contributed by atoms with van der Waals surface area (Å²) in [6.45, 7) is 5.11.